The quantitative estimate of drug-likeness (QED) is 0.712. The Morgan fingerprint density at radius 1 is 1.54 bits per heavy atom. The summed E-state index contributed by atoms with van der Waals surface area (Å²) in [6, 6.07) is 6.40. The first-order valence-corrected chi connectivity index (χ1v) is 4.83. The maximum atomic E-state index is 5.99. The van der Waals surface area contributed by atoms with Crippen molar-refractivity contribution in [2.24, 2.45) is 5.73 Å². The Morgan fingerprint density at radius 3 is 3.15 bits per heavy atom. The van der Waals surface area contributed by atoms with E-state index in [0.717, 1.165) is 25.2 Å². The van der Waals surface area contributed by atoms with Gasteiger partial charge in [0.1, 0.15) is 5.75 Å². The Bertz CT molecular complexity index is 309. The molecule has 0 fully saturated rings. The first-order chi connectivity index (χ1) is 6.33. The average Bonchev–Trinajstić information content (AvgIpc) is 2.18. The van der Waals surface area contributed by atoms with Crippen molar-refractivity contribution in [1.29, 1.82) is 0 Å². The minimum Gasteiger partial charge on any atom is -0.493 e. The molecule has 0 spiro atoms. The summed E-state index contributed by atoms with van der Waals surface area (Å²) in [5, 5.41) is 0. The van der Waals surface area contributed by atoms with E-state index in [9.17, 15) is 0 Å². The van der Waals surface area contributed by atoms with Crippen LogP contribution in [0, 0.1) is 0 Å². The third-order valence-corrected chi connectivity index (χ3v) is 2.58. The van der Waals surface area contributed by atoms with Gasteiger partial charge in [-0.05, 0) is 12.0 Å². The van der Waals surface area contributed by atoms with Crippen LogP contribution in [-0.4, -0.2) is 6.61 Å². The van der Waals surface area contributed by atoms with Crippen LogP contribution in [0.25, 0.3) is 0 Å². The minimum absolute atomic E-state index is 0.162. The van der Waals surface area contributed by atoms with Gasteiger partial charge >= 0.3 is 0 Å². The lowest BCUT2D eigenvalue weighted by Crippen LogP contribution is -2.21. The van der Waals surface area contributed by atoms with Gasteiger partial charge in [-0.3, -0.25) is 0 Å². The lowest BCUT2D eigenvalue weighted by molar-refractivity contribution is 0.266. The second kappa shape index (κ2) is 3.38. The normalized spacial score (nSPS) is 20.6. The van der Waals surface area contributed by atoms with Crippen molar-refractivity contribution in [3.63, 3.8) is 0 Å². The fraction of sp³-hybridized carbons (Fsp3) is 0.455. The Hall–Kier alpha value is -1.02. The third-order valence-electron chi connectivity index (χ3n) is 2.58. The highest BCUT2D eigenvalue weighted by atomic mass is 16.5. The Morgan fingerprint density at radius 2 is 2.38 bits per heavy atom. The van der Waals surface area contributed by atoms with Crippen molar-refractivity contribution >= 4 is 0 Å². The summed E-state index contributed by atoms with van der Waals surface area (Å²) in [4.78, 5) is 0. The summed E-state index contributed by atoms with van der Waals surface area (Å²) >= 11 is 0. The van der Waals surface area contributed by atoms with Crippen molar-refractivity contribution in [3.8, 4) is 5.75 Å². The molecule has 1 aromatic carbocycles. The van der Waals surface area contributed by atoms with Crippen LogP contribution < -0.4 is 10.5 Å². The summed E-state index contributed by atoms with van der Waals surface area (Å²) in [5.74, 6) is 1.03. The molecule has 13 heavy (non-hydrogen) atoms. The summed E-state index contributed by atoms with van der Waals surface area (Å²) < 4.78 is 5.64. The Kier molecular flexibility index (Phi) is 2.23. The highest BCUT2D eigenvalue weighted by molar-refractivity contribution is 5.44. The zero-order valence-electron chi connectivity index (χ0n) is 7.92. The zero-order chi connectivity index (χ0) is 9.26. The summed E-state index contributed by atoms with van der Waals surface area (Å²) in [6.45, 7) is 2.89. The average molecular weight is 177 g/mol. The molecule has 0 radical (unpaired) electrons. The van der Waals surface area contributed by atoms with E-state index in [2.05, 4.69) is 25.1 Å². The second-order valence-electron chi connectivity index (χ2n) is 3.43. The predicted octanol–water partition coefficient (Wildman–Crippen LogP) is 2.03. The second-order valence-corrected chi connectivity index (χ2v) is 3.43. The van der Waals surface area contributed by atoms with Crippen molar-refractivity contribution in [1.82, 2.24) is 0 Å². The third kappa shape index (κ3) is 1.42. The van der Waals surface area contributed by atoms with Crippen LogP contribution in [0.1, 0.15) is 30.5 Å². The van der Waals surface area contributed by atoms with E-state index in [0.29, 0.717) is 0 Å². The molecule has 0 bridgehead atoms. The van der Waals surface area contributed by atoms with Gasteiger partial charge in [-0.1, -0.05) is 25.1 Å². The highest BCUT2D eigenvalue weighted by Gasteiger charge is 2.19. The molecule has 0 unspecified atom stereocenters. The van der Waals surface area contributed by atoms with E-state index in [1.54, 1.807) is 0 Å². The van der Waals surface area contributed by atoms with Crippen molar-refractivity contribution in [2.45, 2.75) is 25.8 Å². The molecule has 1 aliphatic rings. The number of fused-ring (bicyclic) bond motifs is 1. The monoisotopic (exact) mass is 177 g/mol. The van der Waals surface area contributed by atoms with E-state index in [1.165, 1.54) is 11.1 Å². The van der Waals surface area contributed by atoms with E-state index in [4.69, 9.17) is 10.5 Å². The molecule has 0 amide bonds. The molecule has 2 rings (SSSR count). The SMILES string of the molecule is CCc1cccc2c1OCC[C@@H]2N. The van der Waals surface area contributed by atoms with Gasteiger partial charge in [0.05, 0.1) is 6.61 Å². The van der Waals surface area contributed by atoms with Crippen molar-refractivity contribution < 1.29 is 4.74 Å². The number of para-hydroxylation sites is 1. The largest absolute Gasteiger partial charge is 0.493 e. The van der Waals surface area contributed by atoms with Crippen LogP contribution in [0.4, 0.5) is 0 Å². The first-order valence-electron chi connectivity index (χ1n) is 4.83. The van der Waals surface area contributed by atoms with Crippen LogP contribution in [0.3, 0.4) is 0 Å². The molecule has 1 aliphatic heterocycles. The molecule has 0 saturated heterocycles. The summed E-state index contributed by atoms with van der Waals surface area (Å²) in [6.07, 6.45) is 1.94. The van der Waals surface area contributed by atoms with Gasteiger partial charge in [0.2, 0.25) is 0 Å². The summed E-state index contributed by atoms with van der Waals surface area (Å²) in [7, 11) is 0. The van der Waals surface area contributed by atoms with Gasteiger partial charge in [-0.2, -0.15) is 0 Å². The van der Waals surface area contributed by atoms with Gasteiger partial charge in [-0.25, -0.2) is 0 Å². The molecule has 2 nitrogen and oxygen atoms in total. The molecule has 1 heterocycles. The number of hydrogen-bond acceptors (Lipinski definition) is 2. The van der Waals surface area contributed by atoms with Crippen LogP contribution >= 0.6 is 0 Å². The molecule has 0 saturated carbocycles. The van der Waals surface area contributed by atoms with Crippen molar-refractivity contribution in [2.75, 3.05) is 6.61 Å². The van der Waals surface area contributed by atoms with Crippen LogP contribution in [-0.2, 0) is 6.42 Å². The van der Waals surface area contributed by atoms with Gasteiger partial charge in [0, 0.05) is 18.0 Å². The number of benzene rings is 1. The Balaban J connectivity index is 2.48. The van der Waals surface area contributed by atoms with E-state index in [1.807, 2.05) is 0 Å². The predicted molar refractivity (Wildman–Crippen MR) is 52.9 cm³/mol. The molecular formula is C11H15NO. The molecule has 2 heteroatoms. The van der Waals surface area contributed by atoms with Gasteiger partial charge < -0.3 is 10.5 Å². The minimum atomic E-state index is 0.162. The fourth-order valence-electron chi connectivity index (χ4n) is 1.79. The first kappa shape index (κ1) is 8.57. The molecular weight excluding hydrogens is 162 g/mol. The van der Waals surface area contributed by atoms with Crippen molar-refractivity contribution in [3.05, 3.63) is 29.3 Å². The zero-order valence-corrected chi connectivity index (χ0v) is 7.92. The standard InChI is InChI=1S/C11H15NO/c1-2-8-4-3-5-9-10(12)6-7-13-11(8)9/h3-5,10H,2,6-7,12H2,1H3/t10-/m0/s1. The maximum absolute atomic E-state index is 5.99. The lowest BCUT2D eigenvalue weighted by Gasteiger charge is -2.24. The smallest absolute Gasteiger partial charge is 0.127 e. The van der Waals surface area contributed by atoms with Crippen LogP contribution in [0.2, 0.25) is 0 Å². The molecule has 0 aliphatic carbocycles. The molecule has 0 aromatic heterocycles. The summed E-state index contributed by atoms with van der Waals surface area (Å²) in [5.41, 5.74) is 8.43. The van der Waals surface area contributed by atoms with Crippen LogP contribution in [0.5, 0.6) is 5.75 Å². The number of ether oxygens (including phenoxy) is 1. The fourth-order valence-corrected chi connectivity index (χ4v) is 1.79. The number of nitrogens with two attached hydrogens (primary N) is 1. The van der Waals surface area contributed by atoms with E-state index < -0.39 is 0 Å². The van der Waals surface area contributed by atoms with Gasteiger partial charge in [0.25, 0.3) is 0 Å². The Labute approximate surface area is 78.7 Å². The molecule has 70 valence electrons. The molecule has 1 atom stereocenters. The number of rotatable bonds is 1. The number of aryl methyl sites for hydroxylation is 1. The molecule has 2 N–H and O–H groups in total. The number of hydrogen-bond donors (Lipinski definition) is 1. The lowest BCUT2D eigenvalue weighted by atomic mass is 9.97. The van der Waals surface area contributed by atoms with E-state index in [-0.39, 0.29) is 6.04 Å². The maximum Gasteiger partial charge on any atom is 0.127 e. The highest BCUT2D eigenvalue weighted by Crippen LogP contribution is 2.33. The van der Waals surface area contributed by atoms with E-state index >= 15 is 0 Å². The van der Waals surface area contributed by atoms with Gasteiger partial charge in [0.15, 0.2) is 0 Å². The molecule has 1 aromatic rings. The van der Waals surface area contributed by atoms with Crippen LogP contribution in [0.15, 0.2) is 18.2 Å². The van der Waals surface area contributed by atoms with Gasteiger partial charge in [-0.15, -0.1) is 0 Å². The topological polar surface area (TPSA) is 35.2 Å².